The van der Waals surface area contributed by atoms with Gasteiger partial charge in [-0.05, 0) is 40.8 Å². The molecule has 1 heterocycles. The Balaban J connectivity index is 1.99. The fourth-order valence-electron chi connectivity index (χ4n) is 3.54. The molecule has 1 N–H and O–H groups in total. The lowest BCUT2D eigenvalue weighted by Gasteiger charge is -2.29. The van der Waals surface area contributed by atoms with E-state index in [-0.39, 0.29) is 24.4 Å². The van der Waals surface area contributed by atoms with Crippen LogP contribution >= 0.6 is 0 Å². The van der Waals surface area contributed by atoms with Gasteiger partial charge in [-0.2, -0.15) is 13.2 Å². The first kappa shape index (κ1) is 18.7. The van der Waals surface area contributed by atoms with Crippen LogP contribution in [0.1, 0.15) is 49.8 Å². The number of hydrogen-bond acceptors (Lipinski definition) is 2. The van der Waals surface area contributed by atoms with E-state index in [2.05, 4.69) is 12.3 Å². The Bertz CT molecular complexity index is 788. The molecule has 0 bridgehead atoms. The molecule has 0 spiro atoms. The van der Waals surface area contributed by atoms with Gasteiger partial charge in [-0.15, -0.1) is 0 Å². The van der Waals surface area contributed by atoms with Crippen molar-refractivity contribution in [3.8, 4) is 0 Å². The summed E-state index contributed by atoms with van der Waals surface area (Å²) in [7, 11) is 0. The average Bonchev–Trinajstić information content (AvgIpc) is 3.00. The van der Waals surface area contributed by atoms with Gasteiger partial charge in [-0.3, -0.25) is 10.2 Å². The van der Waals surface area contributed by atoms with Crippen molar-refractivity contribution in [1.82, 2.24) is 10.4 Å². The molecular weight excluding hydrogens is 341 g/mol. The van der Waals surface area contributed by atoms with Crippen LogP contribution < -0.4 is 5.43 Å². The molecule has 140 valence electrons. The number of halogens is 3. The summed E-state index contributed by atoms with van der Waals surface area (Å²) in [6, 6.07) is 8.92. The van der Waals surface area contributed by atoms with Crippen molar-refractivity contribution in [2.24, 2.45) is 0 Å². The van der Waals surface area contributed by atoms with Gasteiger partial charge in [0.25, 0.3) is 0 Å². The zero-order valence-electron chi connectivity index (χ0n) is 14.8. The van der Waals surface area contributed by atoms with Crippen LogP contribution in [0.2, 0.25) is 0 Å². The second kappa shape index (κ2) is 7.66. The molecular formula is C20H23F3N2O. The summed E-state index contributed by atoms with van der Waals surface area (Å²) in [6.45, 7) is 2.18. The first-order valence-electron chi connectivity index (χ1n) is 9.04. The number of hydrazine groups is 1. The minimum atomic E-state index is -4.47. The Morgan fingerprint density at radius 3 is 2.65 bits per heavy atom. The van der Waals surface area contributed by atoms with Crippen molar-refractivity contribution in [3.63, 3.8) is 0 Å². The highest BCUT2D eigenvalue weighted by Gasteiger charge is 2.46. The maximum absolute atomic E-state index is 13.7. The second-order valence-corrected chi connectivity index (χ2v) is 6.78. The van der Waals surface area contributed by atoms with E-state index in [1.807, 2.05) is 18.2 Å². The number of alkyl halides is 3. The largest absolute Gasteiger partial charge is 0.409 e. The number of unbranched alkanes of at least 4 members (excludes halogenated alkanes) is 2. The van der Waals surface area contributed by atoms with Crippen molar-refractivity contribution in [3.05, 3.63) is 47.5 Å². The predicted octanol–water partition coefficient (Wildman–Crippen LogP) is 4.91. The van der Waals surface area contributed by atoms with Crippen molar-refractivity contribution >= 4 is 16.7 Å². The normalized spacial score (nSPS) is 16.8. The molecule has 1 saturated heterocycles. The standard InChI is InChI=1S/C20H23F3N2O/c1-2-3-4-6-14-7-5-8-15-9-10-16(13-17(14)15)19(20(21,22)23)25-12-11-18(26)24-25/h5,7-10,13,19H,2-4,6,11-12H2,1H3,(H,24,26). The number of carbonyl (C=O) groups is 1. The summed E-state index contributed by atoms with van der Waals surface area (Å²) in [4.78, 5) is 11.4. The van der Waals surface area contributed by atoms with Crippen LogP contribution in [0.3, 0.4) is 0 Å². The zero-order valence-corrected chi connectivity index (χ0v) is 14.8. The summed E-state index contributed by atoms with van der Waals surface area (Å²) in [5.41, 5.74) is 3.57. The fourth-order valence-corrected chi connectivity index (χ4v) is 3.54. The molecule has 0 aliphatic carbocycles. The van der Waals surface area contributed by atoms with Gasteiger partial charge in [0.2, 0.25) is 5.91 Å². The molecule has 3 nitrogen and oxygen atoms in total. The Kier molecular flexibility index (Phi) is 5.51. The van der Waals surface area contributed by atoms with Crippen molar-refractivity contribution in [2.45, 2.75) is 51.2 Å². The molecule has 2 aromatic carbocycles. The minimum Gasteiger partial charge on any atom is -0.288 e. The van der Waals surface area contributed by atoms with Crippen molar-refractivity contribution in [2.75, 3.05) is 6.54 Å². The summed E-state index contributed by atoms with van der Waals surface area (Å²) in [6.07, 6.45) is -0.316. The highest BCUT2D eigenvalue weighted by Crippen LogP contribution is 2.39. The van der Waals surface area contributed by atoms with E-state index in [9.17, 15) is 18.0 Å². The van der Waals surface area contributed by atoms with E-state index in [1.165, 1.54) is 6.07 Å². The van der Waals surface area contributed by atoms with Crippen LogP contribution in [-0.4, -0.2) is 23.6 Å². The highest BCUT2D eigenvalue weighted by atomic mass is 19.4. The Hall–Kier alpha value is -2.08. The number of fused-ring (bicyclic) bond motifs is 1. The van der Waals surface area contributed by atoms with Crippen molar-refractivity contribution in [1.29, 1.82) is 0 Å². The first-order chi connectivity index (χ1) is 12.4. The molecule has 1 amide bonds. The molecule has 2 aromatic rings. The van der Waals surface area contributed by atoms with Crippen LogP contribution in [0.4, 0.5) is 13.2 Å². The third-order valence-electron chi connectivity index (χ3n) is 4.83. The number of aryl methyl sites for hydroxylation is 1. The van der Waals surface area contributed by atoms with E-state index >= 15 is 0 Å². The lowest BCUT2D eigenvalue weighted by atomic mass is 9.95. The molecule has 26 heavy (non-hydrogen) atoms. The average molecular weight is 364 g/mol. The van der Waals surface area contributed by atoms with Gasteiger partial charge in [-0.1, -0.05) is 50.1 Å². The predicted molar refractivity (Wildman–Crippen MR) is 95.4 cm³/mol. The minimum absolute atomic E-state index is 0.0548. The number of carbonyl (C=O) groups excluding carboxylic acids is 1. The number of nitrogens with one attached hydrogen (secondary N) is 1. The molecule has 1 unspecified atom stereocenters. The van der Waals surface area contributed by atoms with Gasteiger partial charge < -0.3 is 0 Å². The van der Waals surface area contributed by atoms with Gasteiger partial charge in [0.1, 0.15) is 6.04 Å². The maximum Gasteiger partial charge on any atom is 0.409 e. The monoisotopic (exact) mass is 364 g/mol. The van der Waals surface area contributed by atoms with Gasteiger partial charge in [0, 0.05) is 13.0 Å². The number of amides is 1. The summed E-state index contributed by atoms with van der Waals surface area (Å²) in [5, 5.41) is 2.80. The highest BCUT2D eigenvalue weighted by molar-refractivity contribution is 5.86. The van der Waals surface area contributed by atoms with Crippen LogP contribution in [0.5, 0.6) is 0 Å². The number of benzene rings is 2. The number of nitrogens with zero attached hydrogens (tertiary/aromatic N) is 1. The lowest BCUT2D eigenvalue weighted by molar-refractivity contribution is -0.191. The van der Waals surface area contributed by atoms with E-state index < -0.39 is 12.2 Å². The zero-order chi connectivity index (χ0) is 18.7. The third kappa shape index (κ3) is 4.01. The molecule has 1 atom stereocenters. The van der Waals surface area contributed by atoms with Crippen LogP contribution in [0, 0.1) is 0 Å². The molecule has 0 aromatic heterocycles. The second-order valence-electron chi connectivity index (χ2n) is 6.78. The Morgan fingerprint density at radius 1 is 1.19 bits per heavy atom. The quantitative estimate of drug-likeness (QED) is 0.739. The molecule has 1 aliphatic heterocycles. The first-order valence-corrected chi connectivity index (χ1v) is 9.04. The molecule has 3 rings (SSSR count). The van der Waals surface area contributed by atoms with E-state index in [1.54, 1.807) is 12.1 Å². The van der Waals surface area contributed by atoms with E-state index in [0.717, 1.165) is 47.0 Å². The van der Waals surface area contributed by atoms with E-state index in [0.29, 0.717) is 0 Å². The Morgan fingerprint density at radius 2 is 2.00 bits per heavy atom. The maximum atomic E-state index is 13.7. The van der Waals surface area contributed by atoms with Gasteiger partial charge in [-0.25, -0.2) is 5.01 Å². The molecule has 0 radical (unpaired) electrons. The molecule has 1 fully saturated rings. The molecule has 1 aliphatic rings. The molecule has 0 saturated carbocycles. The van der Waals surface area contributed by atoms with Gasteiger partial charge >= 0.3 is 6.18 Å². The van der Waals surface area contributed by atoms with Gasteiger partial charge in [0.05, 0.1) is 0 Å². The SMILES string of the molecule is CCCCCc1cccc2ccc(C(N3CCC(=O)N3)C(F)(F)F)cc12. The number of hydrogen-bond donors (Lipinski definition) is 1. The number of rotatable bonds is 6. The summed E-state index contributed by atoms with van der Waals surface area (Å²) in [5.74, 6) is -0.375. The summed E-state index contributed by atoms with van der Waals surface area (Å²) >= 11 is 0. The van der Waals surface area contributed by atoms with Gasteiger partial charge in [0.15, 0.2) is 0 Å². The van der Waals surface area contributed by atoms with Crippen molar-refractivity contribution < 1.29 is 18.0 Å². The topological polar surface area (TPSA) is 32.3 Å². The lowest BCUT2D eigenvalue weighted by Crippen LogP contribution is -2.43. The Labute approximate surface area is 151 Å². The van der Waals surface area contributed by atoms with Crippen LogP contribution in [-0.2, 0) is 11.2 Å². The smallest absolute Gasteiger partial charge is 0.288 e. The fraction of sp³-hybridized carbons (Fsp3) is 0.450. The van der Waals surface area contributed by atoms with E-state index in [4.69, 9.17) is 0 Å². The third-order valence-corrected chi connectivity index (χ3v) is 4.83. The summed E-state index contributed by atoms with van der Waals surface area (Å²) < 4.78 is 41.2. The molecule has 6 heteroatoms. The van der Waals surface area contributed by atoms with Crippen LogP contribution in [0.25, 0.3) is 10.8 Å². The van der Waals surface area contributed by atoms with Crippen LogP contribution in [0.15, 0.2) is 36.4 Å².